The van der Waals surface area contributed by atoms with Gasteiger partial charge >= 0.3 is 0 Å². The van der Waals surface area contributed by atoms with Crippen LogP contribution >= 0.6 is 0 Å². The summed E-state index contributed by atoms with van der Waals surface area (Å²) in [4.78, 5) is 10.9. The Morgan fingerprint density at radius 3 is 2.67 bits per heavy atom. The molecule has 1 amide bonds. The molecule has 1 radical (unpaired) electrons. The lowest BCUT2D eigenvalue weighted by atomic mass is 10.2. The maximum atomic E-state index is 10.9. The average Bonchev–Trinajstić information content (AvgIpc) is 2.28. The third-order valence-corrected chi connectivity index (χ3v) is 1.84. The van der Waals surface area contributed by atoms with E-state index in [0.29, 0.717) is 5.75 Å². The van der Waals surface area contributed by atoms with E-state index in [0.717, 1.165) is 5.56 Å². The Morgan fingerprint density at radius 2 is 2.13 bits per heavy atom. The number of benzene rings is 1. The zero-order chi connectivity index (χ0) is 11.1. The minimum Gasteiger partial charge on any atom is -0.484 e. The fraction of sp³-hybridized carbons (Fsp3) is 0.167. The quantitative estimate of drug-likeness (QED) is 0.810. The van der Waals surface area contributed by atoms with Gasteiger partial charge in [0.25, 0.3) is 5.91 Å². The predicted octanol–water partition coefficient (Wildman–Crippen LogP) is 1.66. The van der Waals surface area contributed by atoms with Crippen molar-refractivity contribution in [1.29, 1.82) is 0 Å². The van der Waals surface area contributed by atoms with Crippen LogP contribution in [0.3, 0.4) is 0 Å². The molecule has 1 rings (SSSR count). The van der Waals surface area contributed by atoms with Gasteiger partial charge in [0.2, 0.25) is 0 Å². The molecule has 0 heterocycles. The number of rotatable bonds is 4. The molecule has 0 aliphatic rings. The second kappa shape index (κ2) is 5.86. The zero-order valence-electron chi connectivity index (χ0n) is 8.69. The second-order valence-electron chi connectivity index (χ2n) is 2.93. The minimum atomic E-state index is -0.142. The normalized spacial score (nSPS) is 10.3. The number of carbonyl (C=O) groups excluding carboxylic acids is 1. The first-order chi connectivity index (χ1) is 7.26. The van der Waals surface area contributed by atoms with Crippen LogP contribution in [0.5, 0.6) is 5.75 Å². The molecule has 0 bridgehead atoms. The van der Waals surface area contributed by atoms with Crippen molar-refractivity contribution >= 4 is 12.0 Å². The van der Waals surface area contributed by atoms with Gasteiger partial charge < -0.3 is 10.1 Å². The van der Waals surface area contributed by atoms with E-state index in [-0.39, 0.29) is 12.5 Å². The minimum absolute atomic E-state index is 0.0427. The van der Waals surface area contributed by atoms with Gasteiger partial charge in [0.1, 0.15) is 5.75 Å². The lowest BCUT2D eigenvalue weighted by Crippen LogP contribution is -2.24. The Balaban J connectivity index is 2.53. The Bertz CT molecular complexity index is 341. The molecule has 0 atom stereocenters. The van der Waals surface area contributed by atoms with Crippen molar-refractivity contribution < 1.29 is 9.53 Å². The van der Waals surface area contributed by atoms with Gasteiger partial charge in [-0.05, 0) is 24.6 Å². The van der Waals surface area contributed by atoms with Gasteiger partial charge in [0.05, 0.1) is 0 Å². The zero-order valence-corrected chi connectivity index (χ0v) is 8.69. The largest absolute Gasteiger partial charge is 0.484 e. The third-order valence-electron chi connectivity index (χ3n) is 1.84. The molecule has 15 heavy (non-hydrogen) atoms. The number of nitrogens with one attached hydrogen (secondary N) is 1. The highest BCUT2D eigenvalue weighted by Gasteiger charge is 1.98. The average molecular weight is 204 g/mol. The van der Waals surface area contributed by atoms with Crippen molar-refractivity contribution in [3.05, 3.63) is 42.8 Å². The van der Waals surface area contributed by atoms with Gasteiger partial charge in [-0.2, -0.15) is 0 Å². The Morgan fingerprint density at radius 1 is 1.47 bits per heavy atom. The van der Waals surface area contributed by atoms with Crippen LogP contribution in [0.1, 0.15) is 5.56 Å². The van der Waals surface area contributed by atoms with E-state index in [1.807, 2.05) is 30.3 Å². The van der Waals surface area contributed by atoms with Crippen molar-refractivity contribution in [1.82, 2.24) is 5.32 Å². The summed E-state index contributed by atoms with van der Waals surface area (Å²) in [5.41, 5.74) is 1.05. The Kier molecular flexibility index (Phi) is 4.41. The maximum absolute atomic E-state index is 10.9. The van der Waals surface area contributed by atoms with Crippen molar-refractivity contribution in [3.63, 3.8) is 0 Å². The molecular formula is C12H14NO2. The summed E-state index contributed by atoms with van der Waals surface area (Å²) in [6, 6.07) is 7.44. The molecular weight excluding hydrogens is 190 g/mol. The highest BCUT2D eigenvalue weighted by Crippen LogP contribution is 2.12. The van der Waals surface area contributed by atoms with Crippen LogP contribution < -0.4 is 10.1 Å². The number of likely N-dealkylation sites (N-methyl/N-ethyl adjacent to an activating group) is 1. The number of carbonyl (C=O) groups is 1. The van der Waals surface area contributed by atoms with Crippen LogP contribution in [-0.4, -0.2) is 19.6 Å². The number of ether oxygens (including phenoxy) is 1. The molecule has 79 valence electrons. The number of hydrogen-bond donors (Lipinski definition) is 1. The molecule has 1 aromatic carbocycles. The Labute approximate surface area is 89.8 Å². The summed E-state index contributed by atoms with van der Waals surface area (Å²) < 4.78 is 5.24. The first-order valence-electron chi connectivity index (χ1n) is 4.65. The van der Waals surface area contributed by atoms with Crippen LogP contribution in [0.15, 0.2) is 30.3 Å². The van der Waals surface area contributed by atoms with Crippen molar-refractivity contribution in [3.8, 4) is 5.75 Å². The van der Waals surface area contributed by atoms with E-state index >= 15 is 0 Å². The summed E-state index contributed by atoms with van der Waals surface area (Å²) in [5.74, 6) is 0.538. The predicted molar refractivity (Wildman–Crippen MR) is 60.4 cm³/mol. The van der Waals surface area contributed by atoms with Gasteiger partial charge in [0.15, 0.2) is 6.61 Å². The molecule has 0 saturated heterocycles. The molecule has 0 fully saturated rings. The van der Waals surface area contributed by atoms with E-state index in [9.17, 15) is 4.79 Å². The second-order valence-corrected chi connectivity index (χ2v) is 2.93. The van der Waals surface area contributed by atoms with E-state index in [1.54, 1.807) is 13.1 Å². The van der Waals surface area contributed by atoms with Crippen molar-refractivity contribution in [2.75, 3.05) is 13.7 Å². The van der Waals surface area contributed by atoms with E-state index < -0.39 is 0 Å². The van der Waals surface area contributed by atoms with Crippen LogP contribution in [-0.2, 0) is 4.79 Å². The molecule has 0 unspecified atom stereocenters. The fourth-order valence-electron chi connectivity index (χ4n) is 1.03. The Hall–Kier alpha value is -1.77. The molecule has 0 saturated carbocycles. The van der Waals surface area contributed by atoms with E-state index in [1.165, 1.54) is 0 Å². The summed E-state index contributed by atoms with van der Waals surface area (Å²) in [7, 11) is 1.58. The fourth-order valence-corrected chi connectivity index (χ4v) is 1.03. The van der Waals surface area contributed by atoms with Gasteiger partial charge in [-0.15, -0.1) is 0 Å². The van der Waals surface area contributed by atoms with Gasteiger partial charge in [-0.3, -0.25) is 4.79 Å². The van der Waals surface area contributed by atoms with Crippen molar-refractivity contribution in [2.24, 2.45) is 0 Å². The number of amides is 1. The first-order valence-corrected chi connectivity index (χ1v) is 4.65. The summed E-state index contributed by atoms with van der Waals surface area (Å²) in [5, 5.41) is 2.48. The highest BCUT2D eigenvalue weighted by atomic mass is 16.5. The molecule has 0 aliphatic heterocycles. The smallest absolute Gasteiger partial charge is 0.257 e. The summed E-state index contributed by atoms with van der Waals surface area (Å²) in [6.07, 6.45) is 3.61. The van der Waals surface area contributed by atoms with Crippen molar-refractivity contribution in [2.45, 2.75) is 0 Å². The van der Waals surface area contributed by atoms with Gasteiger partial charge in [-0.1, -0.05) is 24.3 Å². The third kappa shape index (κ3) is 3.85. The first kappa shape index (κ1) is 11.3. The molecule has 3 nitrogen and oxygen atoms in total. The number of hydrogen-bond acceptors (Lipinski definition) is 2. The molecule has 0 spiro atoms. The van der Waals surface area contributed by atoms with Crippen LogP contribution in [0.4, 0.5) is 0 Å². The number of allylic oxidation sites excluding steroid dienone is 1. The molecule has 1 N–H and O–H groups in total. The lowest BCUT2D eigenvalue weighted by molar-refractivity contribution is -0.122. The molecule has 3 heteroatoms. The highest BCUT2D eigenvalue weighted by molar-refractivity contribution is 5.77. The van der Waals surface area contributed by atoms with Crippen LogP contribution in [0.25, 0.3) is 6.08 Å². The van der Waals surface area contributed by atoms with Gasteiger partial charge in [0, 0.05) is 7.05 Å². The SMILES string of the molecule is [CH2]C=Cc1ccc(OCC(=O)NC)cc1. The summed E-state index contributed by atoms with van der Waals surface area (Å²) >= 11 is 0. The topological polar surface area (TPSA) is 38.3 Å². The molecule has 0 aliphatic carbocycles. The monoisotopic (exact) mass is 204 g/mol. The standard InChI is InChI=1S/C12H14NO2/c1-3-4-10-5-7-11(8-6-10)15-9-12(14)13-2/h3-8H,1,9H2,2H3,(H,13,14). The lowest BCUT2D eigenvalue weighted by Gasteiger charge is -2.04. The van der Waals surface area contributed by atoms with E-state index in [2.05, 4.69) is 12.2 Å². The van der Waals surface area contributed by atoms with Gasteiger partial charge in [-0.25, -0.2) is 0 Å². The van der Waals surface area contributed by atoms with Crippen LogP contribution in [0, 0.1) is 6.92 Å². The molecule has 0 aromatic heterocycles. The van der Waals surface area contributed by atoms with Crippen LogP contribution in [0.2, 0.25) is 0 Å². The molecule has 1 aromatic rings. The summed E-state index contributed by atoms with van der Waals surface area (Å²) in [6.45, 7) is 3.65. The van der Waals surface area contributed by atoms with E-state index in [4.69, 9.17) is 4.74 Å². The maximum Gasteiger partial charge on any atom is 0.257 e.